The predicted octanol–water partition coefficient (Wildman–Crippen LogP) is 1.68. The summed E-state index contributed by atoms with van der Waals surface area (Å²) in [4.78, 5) is 17.3. The molecule has 138 valence electrons. The molecule has 1 amide bonds. The van der Waals surface area contributed by atoms with Gasteiger partial charge in [0.2, 0.25) is 5.91 Å². The van der Waals surface area contributed by atoms with Crippen molar-refractivity contribution < 1.29 is 4.79 Å². The number of tetrazole rings is 1. The minimum atomic E-state index is 0.234. The molecule has 0 unspecified atom stereocenters. The average molecular weight is 354 g/mol. The topological polar surface area (TPSA) is 67.2 Å². The number of rotatable bonds is 4. The highest BCUT2D eigenvalue weighted by molar-refractivity contribution is 5.79. The van der Waals surface area contributed by atoms with Gasteiger partial charge >= 0.3 is 0 Å². The first kappa shape index (κ1) is 17.1. The average Bonchev–Trinajstić information content (AvgIpc) is 3.24. The van der Waals surface area contributed by atoms with Crippen LogP contribution in [0.4, 0.5) is 0 Å². The molecule has 26 heavy (non-hydrogen) atoms. The molecule has 1 aromatic carbocycles. The van der Waals surface area contributed by atoms with Gasteiger partial charge in [-0.15, -0.1) is 5.10 Å². The minimum Gasteiger partial charge on any atom is -0.342 e. The second-order valence-electron chi connectivity index (χ2n) is 7.31. The Bertz CT molecular complexity index is 700. The van der Waals surface area contributed by atoms with E-state index in [1.54, 1.807) is 11.0 Å². The molecule has 2 aliphatic heterocycles. The molecule has 7 nitrogen and oxygen atoms in total. The fourth-order valence-corrected chi connectivity index (χ4v) is 4.10. The molecule has 2 aliphatic rings. The van der Waals surface area contributed by atoms with Gasteiger partial charge in [0.25, 0.3) is 0 Å². The van der Waals surface area contributed by atoms with Crippen LogP contribution < -0.4 is 0 Å². The normalized spacial score (nSPS) is 19.6. The summed E-state index contributed by atoms with van der Waals surface area (Å²) in [6.07, 6.45) is 8.30. The van der Waals surface area contributed by atoms with Gasteiger partial charge in [0.05, 0.1) is 12.1 Å². The van der Waals surface area contributed by atoms with Crippen molar-refractivity contribution in [1.29, 1.82) is 0 Å². The number of carbonyl (C=O) groups excluding carboxylic acids is 1. The number of hydrogen-bond acceptors (Lipinski definition) is 5. The van der Waals surface area contributed by atoms with Crippen LogP contribution in [0, 0.1) is 0 Å². The third-order valence-electron chi connectivity index (χ3n) is 5.63. The molecule has 0 spiro atoms. The summed E-state index contributed by atoms with van der Waals surface area (Å²) in [7, 11) is 0. The highest BCUT2D eigenvalue weighted by Crippen LogP contribution is 2.21. The maximum absolute atomic E-state index is 12.6. The lowest BCUT2D eigenvalue weighted by molar-refractivity contribution is -0.132. The Morgan fingerprint density at radius 3 is 2.38 bits per heavy atom. The van der Waals surface area contributed by atoms with E-state index in [4.69, 9.17) is 0 Å². The second kappa shape index (κ2) is 7.95. The molecule has 0 saturated carbocycles. The molecule has 0 N–H and O–H groups in total. The van der Waals surface area contributed by atoms with E-state index in [1.165, 1.54) is 32.4 Å². The van der Waals surface area contributed by atoms with E-state index in [9.17, 15) is 4.79 Å². The molecular formula is C19H26N6O. The van der Waals surface area contributed by atoms with Gasteiger partial charge in [0, 0.05) is 19.1 Å². The van der Waals surface area contributed by atoms with Crippen LogP contribution >= 0.6 is 0 Å². The highest BCUT2D eigenvalue weighted by atomic mass is 16.2. The molecule has 3 heterocycles. The number of benzene rings is 1. The summed E-state index contributed by atoms with van der Waals surface area (Å²) < 4.78 is 1.61. The number of carbonyl (C=O) groups is 1. The van der Waals surface area contributed by atoms with Gasteiger partial charge in [0.1, 0.15) is 6.33 Å². The van der Waals surface area contributed by atoms with Crippen LogP contribution in [0.1, 0.15) is 37.7 Å². The quantitative estimate of drug-likeness (QED) is 0.836. The zero-order chi connectivity index (χ0) is 17.8. The molecule has 4 rings (SSSR count). The van der Waals surface area contributed by atoms with E-state index in [1.807, 2.05) is 29.2 Å². The monoisotopic (exact) mass is 354 g/mol. The molecule has 2 saturated heterocycles. The number of likely N-dealkylation sites (tertiary alicyclic amines) is 2. The minimum absolute atomic E-state index is 0.234. The molecule has 2 fully saturated rings. The van der Waals surface area contributed by atoms with Gasteiger partial charge in [-0.25, -0.2) is 4.68 Å². The third-order valence-corrected chi connectivity index (χ3v) is 5.63. The molecule has 0 atom stereocenters. The van der Waals surface area contributed by atoms with Crippen LogP contribution in [0.25, 0.3) is 5.69 Å². The van der Waals surface area contributed by atoms with Gasteiger partial charge in [-0.1, -0.05) is 18.6 Å². The molecule has 0 aliphatic carbocycles. The fourth-order valence-electron chi connectivity index (χ4n) is 4.10. The van der Waals surface area contributed by atoms with E-state index in [0.29, 0.717) is 12.5 Å². The molecule has 1 aromatic heterocycles. The lowest BCUT2D eigenvalue weighted by Gasteiger charge is -2.40. The maximum Gasteiger partial charge on any atom is 0.226 e. The Labute approximate surface area is 154 Å². The zero-order valence-corrected chi connectivity index (χ0v) is 15.1. The number of amides is 1. The maximum atomic E-state index is 12.6. The predicted molar refractivity (Wildman–Crippen MR) is 97.9 cm³/mol. The standard InChI is InChI=1S/C19H26N6O/c26-19(14-16-4-6-18(7-5-16)25-15-20-21-22-25)24-12-8-17(9-13-24)23-10-2-1-3-11-23/h4-7,15,17H,1-3,8-14H2. The van der Waals surface area contributed by atoms with Crippen LogP contribution in [0.5, 0.6) is 0 Å². The molecule has 7 heteroatoms. The Hall–Kier alpha value is -2.28. The molecular weight excluding hydrogens is 328 g/mol. The van der Waals surface area contributed by atoms with Gasteiger partial charge in [-0.3, -0.25) is 4.79 Å². The van der Waals surface area contributed by atoms with Crippen LogP contribution in [0.3, 0.4) is 0 Å². The second-order valence-corrected chi connectivity index (χ2v) is 7.31. The van der Waals surface area contributed by atoms with Crippen molar-refractivity contribution in [3.05, 3.63) is 36.2 Å². The zero-order valence-electron chi connectivity index (χ0n) is 15.1. The summed E-state index contributed by atoms with van der Waals surface area (Å²) in [6.45, 7) is 4.27. The van der Waals surface area contributed by atoms with E-state index in [2.05, 4.69) is 20.4 Å². The number of piperidine rings is 2. The van der Waals surface area contributed by atoms with Gasteiger partial charge in [-0.05, 0) is 66.9 Å². The van der Waals surface area contributed by atoms with Crippen molar-refractivity contribution in [3.8, 4) is 5.69 Å². The first-order valence-corrected chi connectivity index (χ1v) is 9.64. The Balaban J connectivity index is 1.28. The SMILES string of the molecule is O=C(Cc1ccc(-n2cnnn2)cc1)N1CCC(N2CCCCC2)CC1. The summed E-state index contributed by atoms with van der Waals surface area (Å²) in [5.74, 6) is 0.234. The fraction of sp³-hybridized carbons (Fsp3) is 0.579. The van der Waals surface area contributed by atoms with E-state index >= 15 is 0 Å². The van der Waals surface area contributed by atoms with Crippen molar-refractivity contribution >= 4 is 5.91 Å². The molecule has 0 radical (unpaired) electrons. The van der Waals surface area contributed by atoms with Crippen molar-refractivity contribution in [2.75, 3.05) is 26.2 Å². The highest BCUT2D eigenvalue weighted by Gasteiger charge is 2.27. The van der Waals surface area contributed by atoms with Crippen molar-refractivity contribution in [3.63, 3.8) is 0 Å². The lowest BCUT2D eigenvalue weighted by Crippen LogP contribution is -2.48. The number of hydrogen-bond donors (Lipinski definition) is 0. The smallest absolute Gasteiger partial charge is 0.226 e. The summed E-state index contributed by atoms with van der Waals surface area (Å²) >= 11 is 0. The largest absolute Gasteiger partial charge is 0.342 e. The van der Waals surface area contributed by atoms with Crippen LogP contribution in [0.15, 0.2) is 30.6 Å². The van der Waals surface area contributed by atoms with Gasteiger partial charge in [0.15, 0.2) is 0 Å². The summed E-state index contributed by atoms with van der Waals surface area (Å²) in [5, 5.41) is 11.1. The van der Waals surface area contributed by atoms with Crippen LogP contribution in [-0.2, 0) is 11.2 Å². The first-order valence-electron chi connectivity index (χ1n) is 9.64. The third kappa shape index (κ3) is 3.93. The van der Waals surface area contributed by atoms with Crippen LogP contribution in [-0.4, -0.2) is 68.1 Å². The van der Waals surface area contributed by atoms with E-state index in [0.717, 1.165) is 37.2 Å². The molecule has 2 aromatic rings. The van der Waals surface area contributed by atoms with Crippen molar-refractivity contribution in [2.45, 2.75) is 44.6 Å². The van der Waals surface area contributed by atoms with Gasteiger partial charge < -0.3 is 9.80 Å². The van der Waals surface area contributed by atoms with Crippen molar-refractivity contribution in [1.82, 2.24) is 30.0 Å². The van der Waals surface area contributed by atoms with E-state index in [-0.39, 0.29) is 5.91 Å². The lowest BCUT2D eigenvalue weighted by atomic mass is 9.99. The summed E-state index contributed by atoms with van der Waals surface area (Å²) in [6, 6.07) is 8.53. The van der Waals surface area contributed by atoms with Crippen molar-refractivity contribution in [2.24, 2.45) is 0 Å². The van der Waals surface area contributed by atoms with Crippen LogP contribution in [0.2, 0.25) is 0 Å². The first-order chi connectivity index (χ1) is 12.8. The van der Waals surface area contributed by atoms with Gasteiger partial charge in [-0.2, -0.15) is 0 Å². The van der Waals surface area contributed by atoms with E-state index < -0.39 is 0 Å². The number of aromatic nitrogens is 4. The molecule has 0 bridgehead atoms. The Kier molecular flexibility index (Phi) is 5.24. The summed E-state index contributed by atoms with van der Waals surface area (Å²) in [5.41, 5.74) is 1.93. The Morgan fingerprint density at radius 1 is 1.00 bits per heavy atom. The number of nitrogens with zero attached hydrogens (tertiary/aromatic N) is 6. The Morgan fingerprint density at radius 2 is 1.73 bits per heavy atom.